The minimum atomic E-state index is -4.94. The van der Waals surface area contributed by atoms with Crippen LogP contribution < -0.4 is 18.6 Å². The van der Waals surface area contributed by atoms with Crippen molar-refractivity contribution in [3.63, 3.8) is 0 Å². The first-order chi connectivity index (χ1) is 7.70. The lowest BCUT2D eigenvalue weighted by molar-refractivity contribution is -2.00. The zero-order valence-electron chi connectivity index (χ0n) is 10.4. The van der Waals surface area contributed by atoms with Gasteiger partial charge in [0.05, 0.1) is 0 Å². The first kappa shape index (κ1) is 14.9. The normalized spacial score (nSPS) is 23.6. The molecule has 0 saturated heterocycles. The zero-order valence-corrected chi connectivity index (χ0v) is 11.2. The summed E-state index contributed by atoms with van der Waals surface area (Å²) in [6.07, 6.45) is 8.40. The van der Waals surface area contributed by atoms with E-state index in [1.54, 1.807) is 5.71 Å². The molecule has 2 aliphatic rings. The highest BCUT2D eigenvalue weighted by molar-refractivity contribution is 5.80. The molecule has 0 bridgehead atoms. The molecule has 2 heterocycles. The Morgan fingerprint density at radius 1 is 1.00 bits per heavy atom. The van der Waals surface area contributed by atoms with Crippen molar-refractivity contribution < 1.29 is 33.5 Å². The van der Waals surface area contributed by atoms with E-state index in [0.717, 1.165) is 0 Å². The van der Waals surface area contributed by atoms with Crippen molar-refractivity contribution in [2.75, 3.05) is 6.54 Å². The maximum atomic E-state index is 8.49. The van der Waals surface area contributed by atoms with Crippen LogP contribution in [0.4, 0.5) is 0 Å². The van der Waals surface area contributed by atoms with Crippen molar-refractivity contribution in [2.24, 2.45) is 0 Å². The second-order valence-corrected chi connectivity index (χ2v) is 5.97. The molecule has 17 heavy (non-hydrogen) atoms. The molecule has 0 unspecified atom stereocenters. The molecule has 2 rings (SSSR count). The SMILES string of the molecule is CC1(C)CCCC2=[N+]1CCCC2.[O-][Cl+3]([O-])([O-])[O-]. The van der Waals surface area contributed by atoms with E-state index in [1.165, 1.54) is 45.1 Å². The second kappa shape index (κ2) is 5.63. The molecule has 0 atom stereocenters. The highest BCUT2D eigenvalue weighted by atomic mass is 35.7. The van der Waals surface area contributed by atoms with Crippen molar-refractivity contribution in [3.05, 3.63) is 0 Å². The summed E-state index contributed by atoms with van der Waals surface area (Å²) >= 11 is 0. The van der Waals surface area contributed by atoms with Gasteiger partial charge in [-0.15, -0.1) is 10.2 Å². The highest BCUT2D eigenvalue weighted by Crippen LogP contribution is 2.27. The van der Waals surface area contributed by atoms with Gasteiger partial charge in [-0.1, -0.05) is 0 Å². The Bertz CT molecular complexity index is 286. The minimum absolute atomic E-state index is 0.466. The summed E-state index contributed by atoms with van der Waals surface area (Å²) in [5.74, 6) is 0. The van der Waals surface area contributed by atoms with Crippen molar-refractivity contribution >= 4 is 5.71 Å². The van der Waals surface area contributed by atoms with Crippen LogP contribution in [0.15, 0.2) is 0 Å². The lowest BCUT2D eigenvalue weighted by Gasteiger charge is -2.31. The number of rotatable bonds is 0. The van der Waals surface area contributed by atoms with Crippen molar-refractivity contribution in [3.8, 4) is 0 Å². The molecule has 0 N–H and O–H groups in total. The molecule has 0 spiro atoms. The fourth-order valence-electron chi connectivity index (χ4n) is 2.74. The molecule has 0 aromatic heterocycles. The first-order valence-corrected chi connectivity index (χ1v) is 7.18. The molecule has 100 valence electrons. The van der Waals surface area contributed by atoms with Crippen LogP contribution >= 0.6 is 0 Å². The van der Waals surface area contributed by atoms with E-state index < -0.39 is 10.2 Å². The maximum Gasteiger partial charge on any atom is 0.156 e. The third-order valence-electron chi connectivity index (χ3n) is 3.46. The van der Waals surface area contributed by atoms with E-state index in [9.17, 15) is 0 Å². The van der Waals surface area contributed by atoms with Gasteiger partial charge in [-0.2, -0.15) is 0 Å². The minimum Gasteiger partial charge on any atom is -0.232 e. The average Bonchev–Trinajstić information content (AvgIpc) is 2.15. The summed E-state index contributed by atoms with van der Waals surface area (Å²) in [5.41, 5.74) is 2.21. The van der Waals surface area contributed by atoms with Gasteiger partial charge in [-0.25, -0.2) is 23.2 Å². The van der Waals surface area contributed by atoms with E-state index in [4.69, 9.17) is 18.6 Å². The van der Waals surface area contributed by atoms with Crippen LogP contribution in [0.1, 0.15) is 52.4 Å². The van der Waals surface area contributed by atoms with E-state index in [-0.39, 0.29) is 0 Å². The Morgan fingerprint density at radius 3 is 2.06 bits per heavy atom. The van der Waals surface area contributed by atoms with Gasteiger partial charge >= 0.3 is 0 Å². The third kappa shape index (κ3) is 5.31. The second-order valence-electron chi connectivity index (χ2n) is 5.22. The van der Waals surface area contributed by atoms with Crippen molar-refractivity contribution in [1.82, 2.24) is 0 Å². The van der Waals surface area contributed by atoms with Crippen LogP contribution in [0.3, 0.4) is 0 Å². The van der Waals surface area contributed by atoms with Gasteiger partial charge in [0.25, 0.3) is 0 Å². The third-order valence-corrected chi connectivity index (χ3v) is 3.46. The lowest BCUT2D eigenvalue weighted by atomic mass is 9.87. The summed E-state index contributed by atoms with van der Waals surface area (Å²) < 4.78 is 36.7. The monoisotopic (exact) mass is 265 g/mol. The molecular weight excluding hydrogens is 246 g/mol. The number of hydrogen-bond donors (Lipinski definition) is 0. The molecule has 0 aromatic rings. The highest BCUT2D eigenvalue weighted by Gasteiger charge is 2.37. The fourth-order valence-corrected chi connectivity index (χ4v) is 2.74. The van der Waals surface area contributed by atoms with Gasteiger partial charge in [0.1, 0.15) is 6.54 Å². The van der Waals surface area contributed by atoms with E-state index in [1.807, 2.05) is 0 Å². The van der Waals surface area contributed by atoms with E-state index in [0.29, 0.717) is 5.54 Å². The average molecular weight is 266 g/mol. The Kier molecular flexibility index (Phi) is 4.92. The van der Waals surface area contributed by atoms with Crippen molar-refractivity contribution in [2.45, 2.75) is 57.9 Å². The van der Waals surface area contributed by atoms with Gasteiger partial charge in [0.2, 0.25) is 0 Å². The van der Waals surface area contributed by atoms with Gasteiger partial charge in [-0.05, 0) is 26.7 Å². The van der Waals surface area contributed by atoms with E-state index >= 15 is 0 Å². The Hall–Kier alpha value is -0.200. The molecule has 2 aliphatic heterocycles. The molecule has 0 fully saturated rings. The van der Waals surface area contributed by atoms with Crippen LogP contribution in [0, 0.1) is 10.2 Å². The Balaban J connectivity index is 0.000000249. The van der Waals surface area contributed by atoms with Crippen LogP contribution in [0.25, 0.3) is 0 Å². The summed E-state index contributed by atoms with van der Waals surface area (Å²) in [7, 11) is -4.94. The molecule has 0 aromatic carbocycles. The Morgan fingerprint density at radius 2 is 1.53 bits per heavy atom. The molecule has 0 aliphatic carbocycles. The zero-order chi connectivity index (χ0) is 13.1. The molecule has 0 radical (unpaired) electrons. The van der Waals surface area contributed by atoms with Gasteiger partial charge in [0, 0.05) is 25.7 Å². The molecule has 6 heteroatoms. The molecule has 0 saturated carbocycles. The largest absolute Gasteiger partial charge is 0.232 e. The fraction of sp³-hybridized carbons (Fsp3) is 0.909. The van der Waals surface area contributed by atoms with Crippen LogP contribution in [0.5, 0.6) is 0 Å². The predicted octanol–water partition coefficient (Wildman–Crippen LogP) is -2.17. The van der Waals surface area contributed by atoms with Gasteiger partial charge in [-0.3, -0.25) is 0 Å². The smallest absolute Gasteiger partial charge is 0.156 e. The molecular formula is C11H20ClNO4. The lowest BCUT2D eigenvalue weighted by Crippen LogP contribution is -2.68. The summed E-state index contributed by atoms with van der Waals surface area (Å²) in [6.45, 7) is 6.12. The summed E-state index contributed by atoms with van der Waals surface area (Å²) in [6, 6.07) is 0. The van der Waals surface area contributed by atoms with Crippen LogP contribution in [-0.4, -0.2) is 22.4 Å². The molecule has 0 amide bonds. The number of hydrogen-bond acceptors (Lipinski definition) is 4. The van der Waals surface area contributed by atoms with E-state index in [2.05, 4.69) is 18.4 Å². The van der Waals surface area contributed by atoms with Crippen LogP contribution in [0.2, 0.25) is 0 Å². The van der Waals surface area contributed by atoms with Gasteiger partial charge < -0.3 is 0 Å². The first-order valence-electron chi connectivity index (χ1n) is 5.94. The molecule has 5 nitrogen and oxygen atoms in total. The Labute approximate surface area is 104 Å². The predicted molar refractivity (Wildman–Crippen MR) is 51.9 cm³/mol. The van der Waals surface area contributed by atoms with Crippen LogP contribution in [-0.2, 0) is 0 Å². The quantitative estimate of drug-likeness (QED) is 0.466. The number of nitrogens with zero attached hydrogens (tertiary/aromatic N) is 1. The summed E-state index contributed by atoms with van der Waals surface area (Å²) in [5, 5.41) is 0. The number of halogens is 1. The van der Waals surface area contributed by atoms with Crippen molar-refractivity contribution in [1.29, 1.82) is 0 Å². The summed E-state index contributed by atoms with van der Waals surface area (Å²) in [4.78, 5) is 0. The topological polar surface area (TPSA) is 95.2 Å². The standard InChI is InChI=1S/C11H20N.ClHO4/c1-11(2)8-5-7-10-6-3-4-9-12(10)11;2-1(3,4)5/h3-9H2,1-2H3;(H,2,3,4,5)/q+1;/p-1. The maximum absolute atomic E-state index is 8.49. The van der Waals surface area contributed by atoms with Gasteiger partial charge in [0.15, 0.2) is 11.3 Å².